The molecule has 0 radical (unpaired) electrons. The summed E-state index contributed by atoms with van der Waals surface area (Å²) in [5, 5.41) is 10.7. The second-order valence-corrected chi connectivity index (χ2v) is 4.92. The minimum absolute atomic E-state index is 0.167. The van der Waals surface area contributed by atoms with E-state index >= 15 is 0 Å². The van der Waals surface area contributed by atoms with E-state index in [9.17, 15) is 4.79 Å². The maximum atomic E-state index is 12.3. The van der Waals surface area contributed by atoms with E-state index in [-0.39, 0.29) is 5.91 Å². The number of fused-ring (bicyclic) bond motifs is 1. The maximum Gasteiger partial charge on any atom is 0.255 e. The zero-order chi connectivity index (χ0) is 14.8. The average molecular weight is 281 g/mol. The van der Waals surface area contributed by atoms with E-state index < -0.39 is 0 Å². The van der Waals surface area contributed by atoms with Gasteiger partial charge in [0.25, 0.3) is 5.91 Å². The number of nitrogens with zero attached hydrogens (tertiary/aromatic N) is 3. The molecule has 0 aliphatic carbocycles. The molecule has 0 bridgehead atoms. The van der Waals surface area contributed by atoms with Crippen LogP contribution in [0, 0.1) is 0 Å². The summed E-state index contributed by atoms with van der Waals surface area (Å²) in [6.07, 6.45) is 3.37. The van der Waals surface area contributed by atoms with Crippen LogP contribution < -0.4 is 10.2 Å². The van der Waals surface area contributed by atoms with Gasteiger partial charge >= 0.3 is 0 Å². The molecule has 0 saturated heterocycles. The highest BCUT2D eigenvalue weighted by Gasteiger charge is 2.09. The van der Waals surface area contributed by atoms with Gasteiger partial charge in [-0.3, -0.25) is 9.89 Å². The van der Waals surface area contributed by atoms with Gasteiger partial charge in [-0.15, -0.1) is 0 Å². The number of aromatic nitrogens is 3. The molecule has 0 saturated carbocycles. The van der Waals surface area contributed by atoms with Gasteiger partial charge < -0.3 is 10.2 Å². The molecule has 21 heavy (non-hydrogen) atoms. The van der Waals surface area contributed by atoms with Gasteiger partial charge in [0.1, 0.15) is 5.82 Å². The molecule has 0 fully saturated rings. The molecule has 6 heteroatoms. The van der Waals surface area contributed by atoms with E-state index in [1.807, 2.05) is 37.2 Å². The fourth-order valence-electron chi connectivity index (χ4n) is 2.02. The van der Waals surface area contributed by atoms with Crippen molar-refractivity contribution in [2.75, 3.05) is 24.3 Å². The van der Waals surface area contributed by atoms with Crippen LogP contribution in [0.25, 0.3) is 10.9 Å². The summed E-state index contributed by atoms with van der Waals surface area (Å²) in [7, 11) is 3.77. The van der Waals surface area contributed by atoms with Crippen molar-refractivity contribution in [3.05, 3.63) is 48.3 Å². The number of H-pyrrole nitrogens is 1. The number of amides is 1. The van der Waals surface area contributed by atoms with Crippen LogP contribution in [0.15, 0.2) is 42.7 Å². The summed E-state index contributed by atoms with van der Waals surface area (Å²) in [6, 6.07) is 9.06. The lowest BCUT2D eigenvalue weighted by molar-refractivity contribution is 0.102. The van der Waals surface area contributed by atoms with Crippen molar-refractivity contribution >= 4 is 28.3 Å². The minimum atomic E-state index is -0.167. The number of nitrogens with one attached hydrogen (secondary N) is 2. The Labute approximate surface area is 121 Å². The summed E-state index contributed by atoms with van der Waals surface area (Å²) >= 11 is 0. The van der Waals surface area contributed by atoms with E-state index in [0.717, 1.165) is 22.4 Å². The third-order valence-corrected chi connectivity index (χ3v) is 3.17. The summed E-state index contributed by atoms with van der Waals surface area (Å²) in [5.74, 6) is 0.575. The minimum Gasteiger partial charge on any atom is -0.363 e. The van der Waals surface area contributed by atoms with Gasteiger partial charge in [0.2, 0.25) is 0 Å². The van der Waals surface area contributed by atoms with Crippen LogP contribution in [-0.4, -0.2) is 35.2 Å². The molecular weight excluding hydrogens is 266 g/mol. The number of aromatic amines is 1. The van der Waals surface area contributed by atoms with Gasteiger partial charge in [-0.25, -0.2) is 4.98 Å². The molecule has 0 aliphatic rings. The van der Waals surface area contributed by atoms with Crippen LogP contribution in [0.5, 0.6) is 0 Å². The first-order valence-electron chi connectivity index (χ1n) is 6.51. The van der Waals surface area contributed by atoms with Crippen LogP contribution in [0.4, 0.5) is 11.5 Å². The van der Waals surface area contributed by atoms with Crippen molar-refractivity contribution in [2.24, 2.45) is 0 Å². The second-order valence-electron chi connectivity index (χ2n) is 4.92. The second kappa shape index (κ2) is 5.24. The molecule has 0 spiro atoms. The highest BCUT2D eigenvalue weighted by Crippen LogP contribution is 2.18. The summed E-state index contributed by atoms with van der Waals surface area (Å²) in [6.45, 7) is 0. The molecule has 2 heterocycles. The lowest BCUT2D eigenvalue weighted by Gasteiger charge is -2.12. The Morgan fingerprint density at radius 1 is 1.24 bits per heavy atom. The number of carbonyl (C=O) groups excluding carboxylic acids is 1. The van der Waals surface area contributed by atoms with Crippen LogP contribution in [0.1, 0.15) is 10.4 Å². The summed E-state index contributed by atoms with van der Waals surface area (Å²) in [5.41, 5.74) is 2.18. The van der Waals surface area contributed by atoms with Gasteiger partial charge in [0.05, 0.1) is 11.7 Å². The predicted octanol–water partition coefficient (Wildman–Crippen LogP) is 2.28. The van der Waals surface area contributed by atoms with Gasteiger partial charge in [0.15, 0.2) is 0 Å². The summed E-state index contributed by atoms with van der Waals surface area (Å²) < 4.78 is 0. The molecule has 3 rings (SSSR count). The van der Waals surface area contributed by atoms with Crippen molar-refractivity contribution in [3.8, 4) is 0 Å². The van der Waals surface area contributed by atoms with Crippen LogP contribution >= 0.6 is 0 Å². The lowest BCUT2D eigenvalue weighted by atomic mass is 10.2. The van der Waals surface area contributed by atoms with Crippen molar-refractivity contribution in [1.29, 1.82) is 0 Å². The Balaban J connectivity index is 1.83. The molecule has 106 valence electrons. The molecule has 1 amide bonds. The van der Waals surface area contributed by atoms with E-state index in [4.69, 9.17) is 0 Å². The largest absolute Gasteiger partial charge is 0.363 e. The molecule has 0 unspecified atom stereocenters. The SMILES string of the molecule is CN(C)c1cc(C(=O)Nc2ccc3cn[nH]c3c2)ccn1. The zero-order valence-corrected chi connectivity index (χ0v) is 11.8. The average Bonchev–Trinajstić information content (AvgIpc) is 2.95. The molecule has 2 aromatic heterocycles. The Morgan fingerprint density at radius 3 is 2.90 bits per heavy atom. The van der Waals surface area contributed by atoms with E-state index in [1.54, 1.807) is 24.5 Å². The van der Waals surface area contributed by atoms with Gasteiger partial charge in [-0.2, -0.15) is 5.10 Å². The topological polar surface area (TPSA) is 73.9 Å². The number of hydrogen-bond donors (Lipinski definition) is 2. The van der Waals surface area contributed by atoms with Crippen molar-refractivity contribution in [2.45, 2.75) is 0 Å². The third-order valence-electron chi connectivity index (χ3n) is 3.17. The van der Waals surface area contributed by atoms with Crippen molar-refractivity contribution in [3.63, 3.8) is 0 Å². The monoisotopic (exact) mass is 281 g/mol. The smallest absolute Gasteiger partial charge is 0.255 e. The maximum absolute atomic E-state index is 12.3. The third kappa shape index (κ3) is 2.69. The zero-order valence-electron chi connectivity index (χ0n) is 11.8. The first kappa shape index (κ1) is 13.1. The van der Waals surface area contributed by atoms with E-state index in [0.29, 0.717) is 5.56 Å². The normalized spacial score (nSPS) is 10.6. The first-order valence-corrected chi connectivity index (χ1v) is 6.51. The number of pyridine rings is 1. The lowest BCUT2D eigenvalue weighted by Crippen LogP contribution is -2.15. The Morgan fingerprint density at radius 2 is 2.10 bits per heavy atom. The number of anilines is 2. The molecule has 3 aromatic rings. The predicted molar refractivity (Wildman–Crippen MR) is 82.6 cm³/mol. The highest BCUT2D eigenvalue weighted by molar-refractivity contribution is 6.05. The van der Waals surface area contributed by atoms with Crippen LogP contribution in [0.2, 0.25) is 0 Å². The van der Waals surface area contributed by atoms with E-state index in [2.05, 4.69) is 20.5 Å². The standard InChI is InChI=1S/C15H15N5O/c1-20(2)14-7-10(5-6-16-14)15(21)18-12-4-3-11-9-17-19-13(11)8-12/h3-9H,1-2H3,(H,17,19)(H,18,21). The van der Waals surface area contributed by atoms with Gasteiger partial charge in [-0.1, -0.05) is 0 Å². The fraction of sp³-hybridized carbons (Fsp3) is 0.133. The summed E-state index contributed by atoms with van der Waals surface area (Å²) in [4.78, 5) is 18.3. The van der Waals surface area contributed by atoms with Gasteiger partial charge in [0, 0.05) is 36.9 Å². The molecule has 0 atom stereocenters. The first-order chi connectivity index (χ1) is 10.1. The number of rotatable bonds is 3. The Kier molecular flexibility index (Phi) is 3.27. The molecule has 0 aliphatic heterocycles. The fourth-order valence-corrected chi connectivity index (χ4v) is 2.02. The Bertz CT molecular complexity index is 793. The Hall–Kier alpha value is -2.89. The number of hydrogen-bond acceptors (Lipinski definition) is 4. The molecule has 6 nitrogen and oxygen atoms in total. The van der Waals surface area contributed by atoms with Crippen molar-refractivity contribution < 1.29 is 4.79 Å². The van der Waals surface area contributed by atoms with Gasteiger partial charge in [-0.05, 0) is 30.3 Å². The highest BCUT2D eigenvalue weighted by atomic mass is 16.1. The number of benzene rings is 1. The van der Waals surface area contributed by atoms with Crippen LogP contribution in [0.3, 0.4) is 0 Å². The molecule has 1 aromatic carbocycles. The molecular formula is C15H15N5O. The number of carbonyl (C=O) groups is 1. The van der Waals surface area contributed by atoms with E-state index in [1.165, 1.54) is 0 Å². The van der Waals surface area contributed by atoms with Crippen LogP contribution in [-0.2, 0) is 0 Å². The van der Waals surface area contributed by atoms with Crippen molar-refractivity contribution in [1.82, 2.24) is 15.2 Å². The molecule has 2 N–H and O–H groups in total. The quantitative estimate of drug-likeness (QED) is 0.772.